The van der Waals surface area contributed by atoms with Gasteiger partial charge in [-0.05, 0) is 43.3 Å². The lowest BCUT2D eigenvalue weighted by molar-refractivity contribution is 0.0952. The van der Waals surface area contributed by atoms with E-state index in [1.807, 2.05) is 44.3 Å². The van der Waals surface area contributed by atoms with Crippen LogP contribution in [0.1, 0.15) is 21.6 Å². The van der Waals surface area contributed by atoms with Crippen LogP contribution >= 0.6 is 0 Å². The van der Waals surface area contributed by atoms with Gasteiger partial charge in [0.05, 0.1) is 30.1 Å². The zero-order valence-corrected chi connectivity index (χ0v) is 19.0. The van der Waals surface area contributed by atoms with Crippen LogP contribution in [0.2, 0.25) is 0 Å². The summed E-state index contributed by atoms with van der Waals surface area (Å²) in [6, 6.07) is 16.5. The van der Waals surface area contributed by atoms with Crippen molar-refractivity contribution < 1.29 is 9.53 Å². The number of ether oxygens (including phenoxy) is 1. The molecule has 8 heteroatoms. The summed E-state index contributed by atoms with van der Waals surface area (Å²) in [6.07, 6.45) is 1.75. The first-order valence-corrected chi connectivity index (χ1v) is 10.8. The van der Waals surface area contributed by atoms with Gasteiger partial charge in [0, 0.05) is 46.7 Å². The van der Waals surface area contributed by atoms with E-state index in [2.05, 4.69) is 15.4 Å². The molecule has 2 aromatic carbocycles. The van der Waals surface area contributed by atoms with Gasteiger partial charge in [-0.3, -0.25) is 14.3 Å². The van der Waals surface area contributed by atoms with Crippen LogP contribution in [0.4, 0.5) is 0 Å². The Labute approximate surface area is 195 Å². The first kappa shape index (κ1) is 21.4. The van der Waals surface area contributed by atoms with Gasteiger partial charge in [-0.15, -0.1) is 0 Å². The molecule has 3 aromatic heterocycles. The van der Waals surface area contributed by atoms with E-state index in [4.69, 9.17) is 9.72 Å². The van der Waals surface area contributed by atoms with Gasteiger partial charge in [-0.25, -0.2) is 4.98 Å². The van der Waals surface area contributed by atoms with Gasteiger partial charge < -0.3 is 15.0 Å². The minimum absolute atomic E-state index is 0.0826. The predicted molar refractivity (Wildman–Crippen MR) is 131 cm³/mol. The maximum Gasteiger partial charge on any atom is 0.253 e. The van der Waals surface area contributed by atoms with E-state index in [1.165, 1.54) is 0 Å². The van der Waals surface area contributed by atoms with Crippen LogP contribution in [0.3, 0.4) is 0 Å². The van der Waals surface area contributed by atoms with E-state index in [0.29, 0.717) is 33.6 Å². The Bertz CT molecular complexity index is 1620. The van der Waals surface area contributed by atoms with Crippen LogP contribution in [0.25, 0.3) is 33.1 Å². The number of rotatable bonds is 5. The number of aromatic nitrogens is 4. The standard InChI is InChI=1S/C26H23N5O3/c1-15-21(14-28-31(15)2)24-12-20(19-6-4-5-7-23(19)29-24)26(33)27-13-17-10-16-11-18(34-3)8-9-22(16)30-25(17)32/h4-12,14H,13H2,1-3H3,(H,27,33)(H,30,32). The van der Waals surface area contributed by atoms with Crippen LogP contribution in [0, 0.1) is 6.92 Å². The SMILES string of the molecule is COc1ccc2[nH]c(=O)c(CNC(=O)c3cc(-c4cnn(C)c4C)nc4ccccc34)cc2c1. The smallest absolute Gasteiger partial charge is 0.253 e. The van der Waals surface area contributed by atoms with Crippen LogP contribution < -0.4 is 15.6 Å². The number of pyridine rings is 2. The Balaban J connectivity index is 1.50. The molecule has 0 radical (unpaired) electrons. The average molecular weight is 454 g/mol. The Kier molecular flexibility index (Phi) is 5.33. The number of hydrogen-bond acceptors (Lipinski definition) is 5. The highest BCUT2D eigenvalue weighted by Gasteiger charge is 2.17. The number of carbonyl (C=O) groups is 1. The first-order chi connectivity index (χ1) is 16.4. The number of nitrogens with zero attached hydrogens (tertiary/aromatic N) is 3. The second-order valence-corrected chi connectivity index (χ2v) is 8.10. The molecule has 170 valence electrons. The summed E-state index contributed by atoms with van der Waals surface area (Å²) in [5, 5.41) is 8.76. The van der Waals surface area contributed by atoms with Gasteiger partial charge in [-0.1, -0.05) is 18.2 Å². The summed E-state index contributed by atoms with van der Waals surface area (Å²) < 4.78 is 7.04. The molecule has 0 saturated carbocycles. The second-order valence-electron chi connectivity index (χ2n) is 8.10. The highest BCUT2D eigenvalue weighted by atomic mass is 16.5. The molecule has 0 atom stereocenters. The molecule has 8 nitrogen and oxygen atoms in total. The average Bonchev–Trinajstić information content (AvgIpc) is 3.19. The van der Waals surface area contributed by atoms with Crippen molar-refractivity contribution in [2.24, 2.45) is 7.05 Å². The Morgan fingerprint density at radius 2 is 1.97 bits per heavy atom. The fourth-order valence-corrected chi connectivity index (χ4v) is 4.01. The van der Waals surface area contributed by atoms with E-state index in [-0.39, 0.29) is 18.0 Å². The Hall–Kier alpha value is -4.46. The molecule has 0 aliphatic rings. The minimum atomic E-state index is -0.286. The summed E-state index contributed by atoms with van der Waals surface area (Å²) in [6.45, 7) is 2.04. The van der Waals surface area contributed by atoms with Gasteiger partial charge in [0.25, 0.3) is 11.5 Å². The molecule has 2 N–H and O–H groups in total. The number of para-hydroxylation sites is 1. The molecule has 0 unspecified atom stereocenters. The lowest BCUT2D eigenvalue weighted by atomic mass is 10.0. The molecule has 1 amide bonds. The zero-order valence-electron chi connectivity index (χ0n) is 19.0. The van der Waals surface area contributed by atoms with Crippen molar-refractivity contribution in [1.29, 1.82) is 0 Å². The number of hydrogen-bond donors (Lipinski definition) is 2. The zero-order chi connectivity index (χ0) is 23.8. The Morgan fingerprint density at radius 1 is 1.15 bits per heavy atom. The maximum atomic E-state index is 13.3. The van der Waals surface area contributed by atoms with Crippen LogP contribution in [-0.2, 0) is 13.6 Å². The first-order valence-electron chi connectivity index (χ1n) is 10.8. The number of aromatic amines is 1. The molecule has 0 aliphatic heterocycles. The normalized spacial score (nSPS) is 11.1. The Morgan fingerprint density at radius 3 is 2.74 bits per heavy atom. The third kappa shape index (κ3) is 3.79. The highest BCUT2D eigenvalue weighted by molar-refractivity contribution is 6.07. The molecule has 0 aliphatic carbocycles. The number of H-pyrrole nitrogens is 1. The summed E-state index contributed by atoms with van der Waals surface area (Å²) in [7, 11) is 3.46. The summed E-state index contributed by atoms with van der Waals surface area (Å²) in [5.74, 6) is 0.405. The van der Waals surface area contributed by atoms with Gasteiger partial charge in [0.15, 0.2) is 0 Å². The van der Waals surface area contributed by atoms with Crippen molar-refractivity contribution in [2.45, 2.75) is 13.5 Å². The van der Waals surface area contributed by atoms with Crippen molar-refractivity contribution >= 4 is 27.7 Å². The van der Waals surface area contributed by atoms with E-state index < -0.39 is 0 Å². The number of amides is 1. The largest absolute Gasteiger partial charge is 0.497 e. The molecule has 5 rings (SSSR count). The van der Waals surface area contributed by atoms with E-state index in [0.717, 1.165) is 22.0 Å². The quantitative estimate of drug-likeness (QED) is 0.422. The number of methoxy groups -OCH3 is 1. The number of aryl methyl sites for hydroxylation is 1. The van der Waals surface area contributed by atoms with Crippen LogP contribution in [-0.4, -0.2) is 32.8 Å². The van der Waals surface area contributed by atoms with Crippen LogP contribution in [0.5, 0.6) is 5.75 Å². The number of benzene rings is 2. The number of fused-ring (bicyclic) bond motifs is 2. The van der Waals surface area contributed by atoms with Crippen molar-refractivity contribution in [3.8, 4) is 17.0 Å². The third-order valence-electron chi connectivity index (χ3n) is 6.04. The second kappa shape index (κ2) is 8.47. The van der Waals surface area contributed by atoms with E-state index >= 15 is 0 Å². The lowest BCUT2D eigenvalue weighted by Gasteiger charge is -2.11. The fourth-order valence-electron chi connectivity index (χ4n) is 4.01. The summed E-state index contributed by atoms with van der Waals surface area (Å²) in [5.41, 5.74) is 4.60. The molecular weight excluding hydrogens is 430 g/mol. The van der Waals surface area contributed by atoms with E-state index in [9.17, 15) is 9.59 Å². The third-order valence-corrected chi connectivity index (χ3v) is 6.04. The van der Waals surface area contributed by atoms with Gasteiger partial charge in [0.2, 0.25) is 0 Å². The molecule has 34 heavy (non-hydrogen) atoms. The maximum absolute atomic E-state index is 13.3. The predicted octanol–water partition coefficient (Wildman–Crippen LogP) is 3.72. The van der Waals surface area contributed by atoms with Gasteiger partial charge >= 0.3 is 0 Å². The summed E-state index contributed by atoms with van der Waals surface area (Å²) in [4.78, 5) is 33.5. The number of carbonyl (C=O) groups excluding carboxylic acids is 1. The highest BCUT2D eigenvalue weighted by Crippen LogP contribution is 2.27. The fraction of sp³-hybridized carbons (Fsp3) is 0.154. The number of nitrogens with one attached hydrogen (secondary N) is 2. The lowest BCUT2D eigenvalue weighted by Crippen LogP contribution is -2.27. The monoisotopic (exact) mass is 453 g/mol. The molecule has 0 bridgehead atoms. The van der Waals surface area contributed by atoms with Gasteiger partial charge in [0.1, 0.15) is 5.75 Å². The molecule has 5 aromatic rings. The van der Waals surface area contributed by atoms with Crippen LogP contribution in [0.15, 0.2) is 65.6 Å². The molecular formula is C26H23N5O3. The van der Waals surface area contributed by atoms with Crippen molar-refractivity contribution in [3.05, 3.63) is 88.0 Å². The van der Waals surface area contributed by atoms with E-state index in [1.54, 1.807) is 42.3 Å². The van der Waals surface area contributed by atoms with Crippen molar-refractivity contribution in [2.75, 3.05) is 7.11 Å². The minimum Gasteiger partial charge on any atom is -0.497 e. The van der Waals surface area contributed by atoms with Crippen molar-refractivity contribution in [1.82, 2.24) is 25.1 Å². The molecule has 0 fully saturated rings. The summed E-state index contributed by atoms with van der Waals surface area (Å²) >= 11 is 0. The topological polar surface area (TPSA) is 102 Å². The van der Waals surface area contributed by atoms with Gasteiger partial charge in [-0.2, -0.15) is 5.10 Å². The molecule has 3 heterocycles. The molecule has 0 saturated heterocycles. The molecule has 0 spiro atoms. The van der Waals surface area contributed by atoms with Crippen molar-refractivity contribution in [3.63, 3.8) is 0 Å².